The third-order valence-electron chi connectivity index (χ3n) is 3.52. The zero-order valence-electron chi connectivity index (χ0n) is 12.1. The van der Waals surface area contributed by atoms with E-state index in [4.69, 9.17) is 10.00 Å². The lowest BCUT2D eigenvalue weighted by Gasteiger charge is -2.17. The van der Waals surface area contributed by atoms with Gasteiger partial charge in [-0.05, 0) is 36.6 Å². The summed E-state index contributed by atoms with van der Waals surface area (Å²) in [5.74, 6) is 0.745. The zero-order valence-corrected chi connectivity index (χ0v) is 12.1. The van der Waals surface area contributed by atoms with Crippen LogP contribution in [0.25, 0.3) is 6.08 Å². The van der Waals surface area contributed by atoms with E-state index in [1.807, 2.05) is 29.2 Å². The summed E-state index contributed by atoms with van der Waals surface area (Å²) in [4.78, 5) is 14.0. The Morgan fingerprint density at radius 2 is 1.86 bits per heavy atom. The zero-order chi connectivity index (χ0) is 14.9. The summed E-state index contributed by atoms with van der Waals surface area (Å²) >= 11 is 0. The number of nitriles is 1. The van der Waals surface area contributed by atoms with Gasteiger partial charge in [0.25, 0.3) is 0 Å². The van der Waals surface area contributed by atoms with Crippen LogP contribution >= 0.6 is 0 Å². The number of nitrogens with zero attached hydrogens (tertiary/aromatic N) is 2. The van der Waals surface area contributed by atoms with Gasteiger partial charge in [-0.1, -0.05) is 25.0 Å². The molecular formula is C17H20N2O2. The molecule has 0 unspecified atom stereocenters. The molecule has 0 spiro atoms. The fourth-order valence-corrected chi connectivity index (χ4v) is 2.35. The van der Waals surface area contributed by atoms with E-state index in [1.165, 1.54) is 12.8 Å². The first-order valence-electron chi connectivity index (χ1n) is 7.36. The highest BCUT2D eigenvalue weighted by molar-refractivity contribution is 5.91. The third-order valence-corrected chi connectivity index (χ3v) is 3.52. The maximum absolute atomic E-state index is 12.1. The predicted molar refractivity (Wildman–Crippen MR) is 81.6 cm³/mol. The fourth-order valence-electron chi connectivity index (χ4n) is 2.35. The van der Waals surface area contributed by atoms with Crippen molar-refractivity contribution in [1.82, 2.24) is 4.90 Å². The number of likely N-dealkylation sites (tertiary alicyclic amines) is 1. The van der Waals surface area contributed by atoms with E-state index in [0.717, 1.165) is 31.5 Å². The van der Waals surface area contributed by atoms with Crippen molar-refractivity contribution >= 4 is 12.0 Å². The smallest absolute Gasteiger partial charge is 0.246 e. The van der Waals surface area contributed by atoms with Crippen molar-refractivity contribution in [3.63, 3.8) is 0 Å². The number of benzene rings is 1. The van der Waals surface area contributed by atoms with Crippen LogP contribution in [0.5, 0.6) is 5.75 Å². The maximum Gasteiger partial charge on any atom is 0.246 e. The molecule has 4 nitrogen and oxygen atoms in total. The van der Waals surface area contributed by atoms with Gasteiger partial charge in [0.1, 0.15) is 11.8 Å². The Morgan fingerprint density at radius 3 is 2.48 bits per heavy atom. The summed E-state index contributed by atoms with van der Waals surface area (Å²) in [6, 6.07) is 9.27. The summed E-state index contributed by atoms with van der Waals surface area (Å²) in [7, 11) is 0. The first kappa shape index (κ1) is 15.1. The number of carbonyl (C=O) groups is 1. The lowest BCUT2D eigenvalue weighted by atomic mass is 10.2. The van der Waals surface area contributed by atoms with E-state index >= 15 is 0 Å². The Kier molecular flexibility index (Phi) is 5.83. The Balaban J connectivity index is 1.90. The molecule has 4 heteroatoms. The molecule has 1 aromatic rings. The quantitative estimate of drug-likeness (QED) is 0.799. The van der Waals surface area contributed by atoms with Crippen LogP contribution in [-0.2, 0) is 4.79 Å². The van der Waals surface area contributed by atoms with Crippen LogP contribution in [0.3, 0.4) is 0 Å². The molecule has 21 heavy (non-hydrogen) atoms. The lowest BCUT2D eigenvalue weighted by Crippen LogP contribution is -2.30. The Morgan fingerprint density at radius 1 is 1.19 bits per heavy atom. The molecule has 1 aliphatic rings. The van der Waals surface area contributed by atoms with Gasteiger partial charge in [-0.2, -0.15) is 5.26 Å². The molecule has 0 bridgehead atoms. The van der Waals surface area contributed by atoms with Gasteiger partial charge in [-0.3, -0.25) is 4.79 Å². The standard InChI is InChI=1S/C17H20N2O2/c18-11-14-21-16-8-5-15(6-9-16)7-10-17(20)19-12-3-1-2-4-13-19/h5-10H,1-4,12-14H2/b10-7+. The summed E-state index contributed by atoms with van der Waals surface area (Å²) < 4.78 is 5.18. The number of carbonyl (C=O) groups excluding carboxylic acids is 1. The first-order chi connectivity index (χ1) is 10.3. The third kappa shape index (κ3) is 4.96. The van der Waals surface area contributed by atoms with Gasteiger partial charge in [0.05, 0.1) is 0 Å². The van der Waals surface area contributed by atoms with Crippen molar-refractivity contribution in [2.24, 2.45) is 0 Å². The van der Waals surface area contributed by atoms with E-state index in [0.29, 0.717) is 5.75 Å². The van der Waals surface area contributed by atoms with Gasteiger partial charge in [0, 0.05) is 19.2 Å². The summed E-state index contributed by atoms with van der Waals surface area (Å²) in [6.45, 7) is 1.77. The molecule has 0 aliphatic carbocycles. The minimum Gasteiger partial charge on any atom is -0.479 e. The number of rotatable bonds is 4. The molecule has 2 rings (SSSR count). The van der Waals surface area contributed by atoms with E-state index in [9.17, 15) is 4.79 Å². The predicted octanol–water partition coefficient (Wildman–Crippen LogP) is 3.00. The van der Waals surface area contributed by atoms with Gasteiger partial charge in [0.15, 0.2) is 6.61 Å². The Bertz CT molecular complexity index is 521. The summed E-state index contributed by atoms with van der Waals surface area (Å²) in [6.07, 6.45) is 8.10. The largest absolute Gasteiger partial charge is 0.479 e. The molecule has 1 amide bonds. The van der Waals surface area contributed by atoms with Crippen molar-refractivity contribution in [1.29, 1.82) is 5.26 Å². The topological polar surface area (TPSA) is 53.3 Å². The van der Waals surface area contributed by atoms with Crippen LogP contribution in [0.1, 0.15) is 31.2 Å². The van der Waals surface area contributed by atoms with E-state index < -0.39 is 0 Å². The summed E-state index contributed by atoms with van der Waals surface area (Å²) in [5.41, 5.74) is 0.947. The van der Waals surface area contributed by atoms with Crippen molar-refractivity contribution in [2.45, 2.75) is 25.7 Å². The van der Waals surface area contributed by atoms with E-state index in [1.54, 1.807) is 18.2 Å². The second-order valence-corrected chi connectivity index (χ2v) is 5.09. The first-order valence-corrected chi connectivity index (χ1v) is 7.36. The molecule has 1 fully saturated rings. The average Bonchev–Trinajstić information content (AvgIpc) is 2.81. The average molecular weight is 284 g/mol. The molecule has 1 aliphatic heterocycles. The second kappa shape index (κ2) is 8.11. The highest BCUT2D eigenvalue weighted by atomic mass is 16.5. The van der Waals surface area contributed by atoms with Crippen molar-refractivity contribution < 1.29 is 9.53 Å². The van der Waals surface area contributed by atoms with Gasteiger partial charge in [-0.25, -0.2) is 0 Å². The van der Waals surface area contributed by atoms with E-state index in [-0.39, 0.29) is 12.5 Å². The van der Waals surface area contributed by atoms with Crippen LogP contribution in [0.4, 0.5) is 0 Å². The van der Waals surface area contributed by atoms with Crippen LogP contribution in [0.15, 0.2) is 30.3 Å². The highest BCUT2D eigenvalue weighted by Gasteiger charge is 2.12. The minimum absolute atomic E-state index is 0.0443. The van der Waals surface area contributed by atoms with Gasteiger partial charge in [0.2, 0.25) is 5.91 Å². The molecule has 0 aromatic heterocycles. The normalized spacial score (nSPS) is 15.5. The lowest BCUT2D eigenvalue weighted by molar-refractivity contribution is -0.125. The van der Waals surface area contributed by atoms with Crippen LogP contribution < -0.4 is 4.74 Å². The monoisotopic (exact) mass is 284 g/mol. The van der Waals surface area contributed by atoms with Crippen molar-refractivity contribution in [3.8, 4) is 11.8 Å². The minimum atomic E-state index is 0.0443. The maximum atomic E-state index is 12.1. The van der Waals surface area contributed by atoms with Crippen LogP contribution in [0, 0.1) is 11.3 Å². The number of ether oxygens (including phenoxy) is 1. The molecule has 110 valence electrons. The number of hydrogen-bond donors (Lipinski definition) is 0. The van der Waals surface area contributed by atoms with Gasteiger partial charge >= 0.3 is 0 Å². The fraction of sp³-hybridized carbons (Fsp3) is 0.412. The van der Waals surface area contributed by atoms with Crippen LogP contribution in [0.2, 0.25) is 0 Å². The second-order valence-electron chi connectivity index (χ2n) is 5.09. The SMILES string of the molecule is N#CCOc1ccc(/C=C/C(=O)N2CCCCCC2)cc1. The number of amides is 1. The number of hydrogen-bond acceptors (Lipinski definition) is 3. The molecule has 0 N–H and O–H groups in total. The molecule has 1 heterocycles. The van der Waals surface area contributed by atoms with E-state index in [2.05, 4.69) is 0 Å². The Hall–Kier alpha value is -2.28. The van der Waals surface area contributed by atoms with Gasteiger partial charge < -0.3 is 9.64 Å². The molecule has 0 radical (unpaired) electrons. The van der Waals surface area contributed by atoms with Gasteiger partial charge in [-0.15, -0.1) is 0 Å². The van der Waals surface area contributed by atoms with Crippen molar-refractivity contribution in [2.75, 3.05) is 19.7 Å². The van der Waals surface area contributed by atoms with Crippen molar-refractivity contribution in [3.05, 3.63) is 35.9 Å². The molecule has 0 atom stereocenters. The molecule has 0 saturated carbocycles. The highest BCUT2D eigenvalue weighted by Crippen LogP contribution is 2.14. The van der Waals surface area contributed by atoms with Crippen LogP contribution in [-0.4, -0.2) is 30.5 Å². The molecular weight excluding hydrogens is 264 g/mol. The Labute approximate surface area is 125 Å². The summed E-state index contributed by atoms with van der Waals surface area (Å²) in [5, 5.41) is 8.44. The molecule has 1 saturated heterocycles. The molecule has 1 aromatic carbocycles.